The van der Waals surface area contributed by atoms with Gasteiger partial charge in [-0.15, -0.1) is 0 Å². The summed E-state index contributed by atoms with van der Waals surface area (Å²) < 4.78 is 1.82. The van der Waals surface area contributed by atoms with Crippen LogP contribution in [-0.2, 0) is 4.79 Å². The summed E-state index contributed by atoms with van der Waals surface area (Å²) in [6.45, 7) is 3.67. The van der Waals surface area contributed by atoms with Crippen LogP contribution in [-0.4, -0.2) is 38.7 Å². The maximum atomic E-state index is 12.7. The van der Waals surface area contributed by atoms with Gasteiger partial charge in [-0.2, -0.15) is 5.10 Å². The Hall–Kier alpha value is -3.22. The van der Waals surface area contributed by atoms with Crippen molar-refractivity contribution < 1.29 is 4.79 Å². The van der Waals surface area contributed by atoms with E-state index >= 15 is 0 Å². The van der Waals surface area contributed by atoms with Gasteiger partial charge in [0.2, 0.25) is 5.91 Å². The van der Waals surface area contributed by atoms with Crippen LogP contribution in [0.15, 0.2) is 61.3 Å². The zero-order valence-corrected chi connectivity index (χ0v) is 15.9. The zero-order chi connectivity index (χ0) is 19.3. The first-order valence-corrected chi connectivity index (χ1v) is 9.62. The van der Waals surface area contributed by atoms with Crippen molar-refractivity contribution in [2.24, 2.45) is 5.92 Å². The number of nitrogens with zero attached hydrogens (tertiary/aromatic N) is 5. The minimum atomic E-state index is -0.0304. The molecule has 144 valence electrons. The van der Waals surface area contributed by atoms with Crippen LogP contribution in [0, 0.1) is 5.92 Å². The lowest BCUT2D eigenvalue weighted by Gasteiger charge is -2.32. The van der Waals surface area contributed by atoms with Crippen molar-refractivity contribution in [3.8, 4) is 5.69 Å². The van der Waals surface area contributed by atoms with E-state index in [1.54, 1.807) is 24.8 Å². The van der Waals surface area contributed by atoms with Gasteiger partial charge in [0.05, 0.1) is 17.9 Å². The second-order valence-corrected chi connectivity index (χ2v) is 7.10. The molecule has 2 aromatic heterocycles. The number of carbonyl (C=O) groups excluding carboxylic acids is 1. The number of aromatic nitrogens is 4. The van der Waals surface area contributed by atoms with Crippen molar-refractivity contribution in [3.63, 3.8) is 0 Å². The van der Waals surface area contributed by atoms with Gasteiger partial charge in [0.1, 0.15) is 5.82 Å². The molecule has 1 aliphatic heterocycles. The van der Waals surface area contributed by atoms with Crippen molar-refractivity contribution in [2.45, 2.75) is 25.8 Å². The molecule has 7 nitrogen and oxygen atoms in total. The molecule has 28 heavy (non-hydrogen) atoms. The van der Waals surface area contributed by atoms with E-state index in [2.05, 4.69) is 25.3 Å². The number of amides is 1. The average Bonchev–Trinajstić information content (AvgIpc) is 3.29. The summed E-state index contributed by atoms with van der Waals surface area (Å²) in [6, 6.07) is 9.98. The summed E-state index contributed by atoms with van der Waals surface area (Å²) in [6.07, 6.45) is 10.5. The molecule has 1 amide bonds. The van der Waals surface area contributed by atoms with Crippen LogP contribution in [0.25, 0.3) is 5.69 Å². The molecular weight excluding hydrogens is 352 g/mol. The predicted molar refractivity (Wildman–Crippen MR) is 107 cm³/mol. The fraction of sp³-hybridized carbons (Fsp3) is 0.333. The smallest absolute Gasteiger partial charge is 0.223 e. The number of anilines is 1. The normalized spacial score (nSPS) is 16.0. The molecule has 1 unspecified atom stereocenters. The van der Waals surface area contributed by atoms with E-state index in [0.717, 1.165) is 43.0 Å². The number of benzene rings is 1. The number of hydrogen-bond acceptors (Lipinski definition) is 5. The fourth-order valence-corrected chi connectivity index (χ4v) is 3.58. The van der Waals surface area contributed by atoms with Crippen molar-refractivity contribution in [3.05, 3.63) is 66.9 Å². The molecule has 1 N–H and O–H groups in total. The molecule has 0 spiro atoms. The molecule has 0 saturated carbocycles. The number of rotatable bonds is 5. The van der Waals surface area contributed by atoms with Gasteiger partial charge in [-0.1, -0.05) is 12.1 Å². The van der Waals surface area contributed by atoms with Gasteiger partial charge >= 0.3 is 0 Å². The molecule has 0 bridgehead atoms. The first-order chi connectivity index (χ1) is 13.7. The molecule has 3 heterocycles. The monoisotopic (exact) mass is 376 g/mol. The largest absolute Gasteiger partial charge is 0.355 e. The molecule has 1 aromatic carbocycles. The van der Waals surface area contributed by atoms with Gasteiger partial charge < -0.3 is 10.2 Å². The highest BCUT2D eigenvalue weighted by atomic mass is 16.1. The Morgan fingerprint density at radius 1 is 1.14 bits per heavy atom. The Morgan fingerprint density at radius 2 is 1.93 bits per heavy atom. The minimum Gasteiger partial charge on any atom is -0.355 e. The van der Waals surface area contributed by atoms with Crippen LogP contribution in [0.5, 0.6) is 0 Å². The molecule has 1 fully saturated rings. The molecular formula is C21H24N6O. The third-order valence-electron chi connectivity index (χ3n) is 5.26. The van der Waals surface area contributed by atoms with Gasteiger partial charge in [-0.25, -0.2) is 9.67 Å². The van der Waals surface area contributed by atoms with E-state index in [0.29, 0.717) is 0 Å². The van der Waals surface area contributed by atoms with Gasteiger partial charge in [0.15, 0.2) is 0 Å². The Bertz CT molecular complexity index is 886. The number of hydrogen-bond donors (Lipinski definition) is 1. The van der Waals surface area contributed by atoms with E-state index < -0.39 is 0 Å². The van der Waals surface area contributed by atoms with Crippen molar-refractivity contribution >= 4 is 11.7 Å². The highest BCUT2D eigenvalue weighted by molar-refractivity contribution is 5.79. The second-order valence-electron chi connectivity index (χ2n) is 7.10. The molecule has 0 radical (unpaired) electrons. The van der Waals surface area contributed by atoms with Gasteiger partial charge in [0.25, 0.3) is 0 Å². The van der Waals surface area contributed by atoms with Crippen LogP contribution in [0.4, 0.5) is 5.82 Å². The summed E-state index contributed by atoms with van der Waals surface area (Å²) >= 11 is 0. The van der Waals surface area contributed by atoms with Crippen molar-refractivity contribution in [2.75, 3.05) is 18.0 Å². The summed E-state index contributed by atoms with van der Waals surface area (Å²) in [5.41, 5.74) is 2.09. The molecule has 0 aliphatic carbocycles. The molecule has 1 atom stereocenters. The summed E-state index contributed by atoms with van der Waals surface area (Å²) in [5, 5.41) is 7.40. The van der Waals surface area contributed by atoms with E-state index in [1.807, 2.05) is 48.1 Å². The molecule has 7 heteroatoms. The quantitative estimate of drug-likeness (QED) is 0.741. The summed E-state index contributed by atoms with van der Waals surface area (Å²) in [5.74, 6) is 1.05. The van der Waals surface area contributed by atoms with Gasteiger partial charge in [-0.3, -0.25) is 9.78 Å². The van der Waals surface area contributed by atoms with Gasteiger partial charge in [-0.05, 0) is 43.5 Å². The van der Waals surface area contributed by atoms with E-state index in [9.17, 15) is 4.79 Å². The van der Waals surface area contributed by atoms with Crippen LogP contribution in [0.3, 0.4) is 0 Å². The Morgan fingerprint density at radius 3 is 2.57 bits per heavy atom. The lowest BCUT2D eigenvalue weighted by atomic mass is 9.95. The maximum Gasteiger partial charge on any atom is 0.223 e. The van der Waals surface area contributed by atoms with Crippen molar-refractivity contribution in [1.82, 2.24) is 25.1 Å². The predicted octanol–water partition coefficient (Wildman–Crippen LogP) is 2.76. The number of nitrogens with one attached hydrogen (secondary N) is 1. The van der Waals surface area contributed by atoms with Gasteiger partial charge in [0, 0.05) is 43.8 Å². The fourth-order valence-electron chi connectivity index (χ4n) is 3.58. The number of piperidine rings is 1. The first kappa shape index (κ1) is 18.2. The van der Waals surface area contributed by atoms with Crippen LogP contribution in [0.2, 0.25) is 0 Å². The summed E-state index contributed by atoms with van der Waals surface area (Å²) in [4.78, 5) is 23.4. The summed E-state index contributed by atoms with van der Waals surface area (Å²) in [7, 11) is 0. The molecule has 1 aliphatic rings. The van der Waals surface area contributed by atoms with Crippen molar-refractivity contribution in [1.29, 1.82) is 0 Å². The van der Waals surface area contributed by atoms with Crippen LogP contribution >= 0.6 is 0 Å². The highest BCUT2D eigenvalue weighted by Gasteiger charge is 2.26. The standard InChI is InChI=1S/C21H24N6O/c1-16(17-3-5-19(6-4-17)27-12-2-9-24-27)25-21(28)18-7-13-26(14-8-18)20-15-22-10-11-23-20/h2-6,9-12,15-16,18H,7-8,13-14H2,1H3,(H,25,28). The lowest BCUT2D eigenvalue weighted by Crippen LogP contribution is -2.41. The SMILES string of the molecule is CC(NC(=O)C1CCN(c2cnccn2)CC1)c1ccc(-n2cccn2)cc1. The zero-order valence-electron chi connectivity index (χ0n) is 15.9. The minimum absolute atomic E-state index is 0.0304. The number of carbonyl (C=O) groups is 1. The Kier molecular flexibility index (Phi) is 5.32. The van der Waals surface area contributed by atoms with E-state index in [-0.39, 0.29) is 17.9 Å². The third-order valence-corrected chi connectivity index (χ3v) is 5.26. The molecule has 1 saturated heterocycles. The maximum absolute atomic E-state index is 12.7. The second kappa shape index (κ2) is 8.21. The Labute approximate surface area is 164 Å². The van der Waals surface area contributed by atoms with Crippen LogP contribution < -0.4 is 10.2 Å². The average molecular weight is 376 g/mol. The van der Waals surface area contributed by atoms with Crippen LogP contribution in [0.1, 0.15) is 31.4 Å². The molecule has 4 rings (SSSR count). The topological polar surface area (TPSA) is 75.9 Å². The highest BCUT2D eigenvalue weighted by Crippen LogP contribution is 2.23. The Balaban J connectivity index is 1.31. The molecule has 3 aromatic rings. The lowest BCUT2D eigenvalue weighted by molar-refractivity contribution is -0.126. The first-order valence-electron chi connectivity index (χ1n) is 9.62. The van der Waals surface area contributed by atoms with E-state index in [4.69, 9.17) is 0 Å². The third kappa shape index (κ3) is 4.03. The van der Waals surface area contributed by atoms with E-state index in [1.165, 1.54) is 0 Å².